The normalized spacial score (nSPS) is 13.9. The minimum Gasteiger partial charge on any atom is -0.351 e. The Bertz CT molecular complexity index is 790. The van der Waals surface area contributed by atoms with E-state index >= 15 is 0 Å². The number of nitrogens with one attached hydrogen (secondary N) is 1. The molecule has 1 heterocycles. The quantitative estimate of drug-likeness (QED) is 0.563. The topological polar surface area (TPSA) is 66.5 Å². The van der Waals surface area contributed by atoms with Gasteiger partial charge in [0.05, 0.1) is 6.54 Å². The van der Waals surface area contributed by atoms with Gasteiger partial charge in [-0.2, -0.15) is 11.8 Å². The number of benzene rings is 2. The molecule has 0 radical (unpaired) electrons. The maximum Gasteiger partial charge on any atom is 0.251 e. The number of rotatable bonds is 8. The Labute approximate surface area is 163 Å². The van der Waals surface area contributed by atoms with E-state index in [0.717, 1.165) is 17.1 Å². The van der Waals surface area contributed by atoms with Crippen molar-refractivity contribution >= 4 is 29.5 Å². The summed E-state index contributed by atoms with van der Waals surface area (Å²) in [5.74, 6) is 1.40. The van der Waals surface area contributed by atoms with Crippen LogP contribution in [0.25, 0.3) is 0 Å². The Balaban J connectivity index is 1.41. The molecule has 0 atom stereocenters. The molecule has 6 heteroatoms. The van der Waals surface area contributed by atoms with Crippen molar-refractivity contribution in [3.8, 4) is 0 Å². The Kier molecular flexibility index (Phi) is 6.65. The third-order valence-corrected chi connectivity index (χ3v) is 5.39. The van der Waals surface area contributed by atoms with E-state index in [2.05, 4.69) is 17.4 Å². The first-order valence-corrected chi connectivity index (χ1v) is 10.1. The Hall–Kier alpha value is -2.60. The highest BCUT2D eigenvalue weighted by molar-refractivity contribution is 7.98. The minimum absolute atomic E-state index is 0.116. The SMILES string of the molecule is O=C(NCCSCc1ccccc1)c1ccc(CN2C(=O)CCC2=O)cc1. The predicted octanol–water partition coefficient (Wildman–Crippen LogP) is 3.00. The van der Waals surface area contributed by atoms with Crippen LogP contribution in [0.1, 0.15) is 34.3 Å². The van der Waals surface area contributed by atoms with Crippen LogP contribution in [0.3, 0.4) is 0 Å². The van der Waals surface area contributed by atoms with Crippen LogP contribution in [0.4, 0.5) is 0 Å². The van der Waals surface area contributed by atoms with Gasteiger partial charge in [0.25, 0.3) is 5.91 Å². The van der Waals surface area contributed by atoms with Crippen LogP contribution in [-0.4, -0.2) is 34.9 Å². The van der Waals surface area contributed by atoms with Crippen molar-refractivity contribution in [1.29, 1.82) is 0 Å². The van der Waals surface area contributed by atoms with Crippen LogP contribution >= 0.6 is 11.8 Å². The Morgan fingerprint density at radius 1 is 0.926 bits per heavy atom. The molecule has 2 aromatic rings. The van der Waals surface area contributed by atoms with Crippen LogP contribution < -0.4 is 5.32 Å². The van der Waals surface area contributed by atoms with Crippen LogP contribution in [-0.2, 0) is 21.9 Å². The molecule has 0 saturated carbocycles. The summed E-state index contributed by atoms with van der Waals surface area (Å²) in [4.78, 5) is 36.8. The van der Waals surface area contributed by atoms with Crippen molar-refractivity contribution in [2.75, 3.05) is 12.3 Å². The van der Waals surface area contributed by atoms with E-state index in [9.17, 15) is 14.4 Å². The maximum absolute atomic E-state index is 12.2. The second-order valence-electron chi connectivity index (χ2n) is 6.36. The smallest absolute Gasteiger partial charge is 0.251 e. The second kappa shape index (κ2) is 9.37. The van der Waals surface area contributed by atoms with Gasteiger partial charge in [0.15, 0.2) is 0 Å². The number of hydrogen-bond donors (Lipinski definition) is 1. The molecule has 0 spiro atoms. The van der Waals surface area contributed by atoms with Gasteiger partial charge in [0.2, 0.25) is 11.8 Å². The monoisotopic (exact) mass is 382 g/mol. The zero-order valence-corrected chi connectivity index (χ0v) is 15.8. The third kappa shape index (κ3) is 5.44. The van der Waals surface area contributed by atoms with E-state index in [4.69, 9.17) is 0 Å². The summed E-state index contributed by atoms with van der Waals surface area (Å²) in [5, 5.41) is 2.91. The van der Waals surface area contributed by atoms with Crippen LogP contribution in [0, 0.1) is 0 Å². The molecule has 1 aliphatic heterocycles. The lowest BCUT2D eigenvalue weighted by atomic mass is 10.1. The number of hydrogen-bond acceptors (Lipinski definition) is 4. The van der Waals surface area contributed by atoms with Gasteiger partial charge in [0, 0.05) is 36.5 Å². The molecule has 1 fully saturated rings. The van der Waals surface area contributed by atoms with Gasteiger partial charge >= 0.3 is 0 Å². The molecule has 3 rings (SSSR count). The Morgan fingerprint density at radius 3 is 2.26 bits per heavy atom. The summed E-state index contributed by atoms with van der Waals surface area (Å²) < 4.78 is 0. The van der Waals surface area contributed by atoms with Gasteiger partial charge in [-0.3, -0.25) is 19.3 Å². The van der Waals surface area contributed by atoms with Gasteiger partial charge in [-0.25, -0.2) is 0 Å². The number of carbonyl (C=O) groups excluding carboxylic acids is 3. The molecule has 0 aromatic heterocycles. The lowest BCUT2D eigenvalue weighted by Gasteiger charge is -2.14. The molecule has 140 valence electrons. The average Bonchev–Trinajstić information content (AvgIpc) is 3.01. The predicted molar refractivity (Wildman–Crippen MR) is 106 cm³/mol. The first-order valence-electron chi connectivity index (χ1n) is 8.95. The summed E-state index contributed by atoms with van der Waals surface area (Å²) >= 11 is 1.78. The highest BCUT2D eigenvalue weighted by Gasteiger charge is 2.28. The third-order valence-electron chi connectivity index (χ3n) is 4.36. The lowest BCUT2D eigenvalue weighted by molar-refractivity contribution is -0.139. The molecule has 1 N–H and O–H groups in total. The summed E-state index contributed by atoms with van der Waals surface area (Å²) in [6, 6.07) is 17.3. The van der Waals surface area contributed by atoms with Gasteiger partial charge in [-0.1, -0.05) is 42.5 Å². The number of amides is 3. The van der Waals surface area contributed by atoms with E-state index in [0.29, 0.717) is 24.9 Å². The maximum atomic E-state index is 12.2. The number of imide groups is 1. The van der Waals surface area contributed by atoms with Crippen molar-refractivity contribution < 1.29 is 14.4 Å². The summed E-state index contributed by atoms with van der Waals surface area (Å²) in [6.45, 7) is 0.880. The lowest BCUT2D eigenvalue weighted by Crippen LogP contribution is -2.28. The highest BCUT2D eigenvalue weighted by atomic mass is 32.2. The molecule has 3 amide bonds. The summed E-state index contributed by atoms with van der Waals surface area (Å²) in [7, 11) is 0. The molecule has 0 bridgehead atoms. The van der Waals surface area contributed by atoms with Gasteiger partial charge in [0.1, 0.15) is 0 Å². The van der Waals surface area contributed by atoms with E-state index in [1.807, 2.05) is 18.2 Å². The first-order chi connectivity index (χ1) is 13.1. The number of carbonyl (C=O) groups is 3. The molecule has 1 saturated heterocycles. The number of thioether (sulfide) groups is 1. The van der Waals surface area contributed by atoms with Gasteiger partial charge in [-0.05, 0) is 23.3 Å². The van der Waals surface area contributed by atoms with Crippen molar-refractivity contribution in [1.82, 2.24) is 10.2 Å². The van der Waals surface area contributed by atoms with E-state index in [1.54, 1.807) is 36.0 Å². The molecule has 0 aliphatic carbocycles. The summed E-state index contributed by atoms with van der Waals surface area (Å²) in [5.41, 5.74) is 2.69. The minimum atomic E-state index is -0.130. The van der Waals surface area contributed by atoms with E-state index < -0.39 is 0 Å². The van der Waals surface area contributed by atoms with Crippen molar-refractivity contribution in [2.45, 2.75) is 25.1 Å². The second-order valence-corrected chi connectivity index (χ2v) is 7.47. The largest absolute Gasteiger partial charge is 0.351 e. The molecule has 2 aromatic carbocycles. The van der Waals surface area contributed by atoms with Crippen molar-refractivity contribution in [3.63, 3.8) is 0 Å². The highest BCUT2D eigenvalue weighted by Crippen LogP contribution is 2.16. The Morgan fingerprint density at radius 2 is 1.59 bits per heavy atom. The standard InChI is InChI=1S/C21H22N2O3S/c24-19-10-11-20(25)23(19)14-16-6-8-18(9-7-16)21(26)22-12-13-27-15-17-4-2-1-3-5-17/h1-9H,10-15H2,(H,22,26). The molecule has 1 aliphatic rings. The number of likely N-dealkylation sites (tertiary alicyclic amines) is 1. The van der Waals surface area contributed by atoms with E-state index in [-0.39, 0.29) is 24.3 Å². The fourth-order valence-electron chi connectivity index (χ4n) is 2.85. The zero-order valence-electron chi connectivity index (χ0n) is 15.0. The molecular formula is C21H22N2O3S. The van der Waals surface area contributed by atoms with Crippen molar-refractivity contribution in [3.05, 3.63) is 71.3 Å². The van der Waals surface area contributed by atoms with Gasteiger partial charge in [-0.15, -0.1) is 0 Å². The fraction of sp³-hybridized carbons (Fsp3) is 0.286. The van der Waals surface area contributed by atoms with Crippen LogP contribution in [0.5, 0.6) is 0 Å². The molecule has 27 heavy (non-hydrogen) atoms. The molecular weight excluding hydrogens is 360 g/mol. The van der Waals surface area contributed by atoms with Crippen LogP contribution in [0.15, 0.2) is 54.6 Å². The summed E-state index contributed by atoms with van der Waals surface area (Å²) in [6.07, 6.45) is 0.587. The van der Waals surface area contributed by atoms with Crippen molar-refractivity contribution in [2.24, 2.45) is 0 Å². The van der Waals surface area contributed by atoms with E-state index in [1.165, 1.54) is 10.5 Å². The average molecular weight is 382 g/mol. The number of nitrogens with zero attached hydrogens (tertiary/aromatic N) is 1. The fourth-order valence-corrected chi connectivity index (χ4v) is 3.67. The first kappa shape index (κ1) is 19.2. The van der Waals surface area contributed by atoms with Gasteiger partial charge < -0.3 is 5.32 Å². The zero-order chi connectivity index (χ0) is 19.1. The molecule has 5 nitrogen and oxygen atoms in total. The molecule has 0 unspecified atom stereocenters. The van der Waals surface area contributed by atoms with Crippen LogP contribution in [0.2, 0.25) is 0 Å².